The maximum absolute atomic E-state index is 12.6. The average Bonchev–Trinajstić information content (AvgIpc) is 3.22. The Morgan fingerprint density at radius 3 is 0.900 bits per heavy atom. The van der Waals surface area contributed by atoms with E-state index >= 15 is 0 Å². The molecule has 2 atom stereocenters. The maximum atomic E-state index is 12.6. The first-order valence-electron chi connectivity index (χ1n) is 27.0. The first-order valence-corrected chi connectivity index (χ1v) is 28.5. The molecule has 60 heavy (non-hydrogen) atoms. The number of hydrogen-bond acceptors (Lipinski definition) is 4. The molecular formula is C52H106NO6P. The third-order valence-corrected chi connectivity index (χ3v) is 13.3. The largest absolute Gasteiger partial charge is 0.469 e. The van der Waals surface area contributed by atoms with Crippen molar-refractivity contribution in [2.75, 3.05) is 6.61 Å². The molecule has 0 aromatic rings. The molecule has 0 aliphatic carbocycles. The van der Waals surface area contributed by atoms with Gasteiger partial charge in [0.2, 0.25) is 5.91 Å². The van der Waals surface area contributed by atoms with E-state index in [2.05, 4.69) is 23.7 Å². The van der Waals surface area contributed by atoms with Crippen molar-refractivity contribution in [1.82, 2.24) is 5.32 Å². The van der Waals surface area contributed by atoms with Crippen LogP contribution in [-0.2, 0) is 13.9 Å². The van der Waals surface area contributed by atoms with Crippen molar-refractivity contribution in [3.63, 3.8) is 0 Å². The number of carbonyl (C=O) groups is 1. The van der Waals surface area contributed by atoms with Gasteiger partial charge in [-0.15, -0.1) is 0 Å². The quantitative estimate of drug-likeness (QED) is 0.0357. The van der Waals surface area contributed by atoms with E-state index in [0.717, 1.165) is 38.5 Å². The van der Waals surface area contributed by atoms with Gasteiger partial charge < -0.3 is 20.2 Å². The molecule has 0 bridgehead atoms. The normalized spacial score (nSPS) is 12.9. The first kappa shape index (κ1) is 59.5. The van der Waals surface area contributed by atoms with E-state index in [0.29, 0.717) is 12.8 Å². The fourth-order valence-corrected chi connectivity index (χ4v) is 9.12. The Balaban J connectivity index is 3.57. The van der Waals surface area contributed by atoms with E-state index in [4.69, 9.17) is 0 Å². The van der Waals surface area contributed by atoms with E-state index < -0.39 is 26.6 Å². The van der Waals surface area contributed by atoms with Crippen LogP contribution in [0.1, 0.15) is 309 Å². The summed E-state index contributed by atoms with van der Waals surface area (Å²) in [7, 11) is -4.69. The number of aliphatic hydroxyl groups is 1. The fourth-order valence-electron chi connectivity index (χ4n) is 8.76. The monoisotopic (exact) mass is 872 g/mol. The van der Waals surface area contributed by atoms with Gasteiger partial charge in [0.05, 0.1) is 18.8 Å². The molecule has 0 saturated heterocycles. The predicted octanol–water partition coefficient (Wildman–Crippen LogP) is 16.9. The van der Waals surface area contributed by atoms with Crippen LogP contribution in [0.25, 0.3) is 0 Å². The Kier molecular flexibility index (Phi) is 47.6. The van der Waals surface area contributed by atoms with Gasteiger partial charge in [-0.2, -0.15) is 0 Å². The van der Waals surface area contributed by atoms with Gasteiger partial charge in [-0.25, -0.2) is 4.57 Å². The highest BCUT2D eigenvalue weighted by Gasteiger charge is 2.25. The summed E-state index contributed by atoms with van der Waals surface area (Å²) in [5, 5.41) is 13.5. The first-order chi connectivity index (χ1) is 29.3. The summed E-state index contributed by atoms with van der Waals surface area (Å²) < 4.78 is 16.0. The van der Waals surface area contributed by atoms with E-state index in [-0.39, 0.29) is 5.91 Å². The van der Waals surface area contributed by atoms with Crippen LogP contribution in [0.5, 0.6) is 0 Å². The molecule has 0 aliphatic heterocycles. The van der Waals surface area contributed by atoms with Crippen molar-refractivity contribution in [1.29, 1.82) is 0 Å². The number of phosphoric acid groups is 1. The SMILES string of the molecule is CCCCCCCCCCCCCCCCCCCCCCCCCCCCCCCCCCCC(=O)N[C@@H](COP(=O)(O)O)[C@H](O)CCCCCCCCCCCCC. The number of hydrogen-bond donors (Lipinski definition) is 4. The minimum atomic E-state index is -4.69. The molecule has 0 heterocycles. The summed E-state index contributed by atoms with van der Waals surface area (Å²) in [6.07, 6.45) is 58.6. The van der Waals surface area contributed by atoms with Crippen molar-refractivity contribution in [2.24, 2.45) is 0 Å². The Morgan fingerprint density at radius 2 is 0.650 bits per heavy atom. The Morgan fingerprint density at radius 1 is 0.417 bits per heavy atom. The number of amides is 1. The van der Waals surface area contributed by atoms with Crippen molar-refractivity contribution < 1.29 is 28.8 Å². The zero-order valence-electron chi connectivity index (χ0n) is 40.4. The van der Waals surface area contributed by atoms with Crippen LogP contribution in [0, 0.1) is 0 Å². The van der Waals surface area contributed by atoms with Gasteiger partial charge in [-0.1, -0.05) is 290 Å². The summed E-state index contributed by atoms with van der Waals surface area (Å²) in [5.74, 6) is -0.187. The molecule has 0 radical (unpaired) electrons. The van der Waals surface area contributed by atoms with Gasteiger partial charge in [0.15, 0.2) is 0 Å². The minimum absolute atomic E-state index is 0.187. The molecule has 7 nitrogen and oxygen atoms in total. The summed E-state index contributed by atoms with van der Waals surface area (Å²) >= 11 is 0. The van der Waals surface area contributed by atoms with Gasteiger partial charge in [0, 0.05) is 6.42 Å². The molecule has 0 aromatic carbocycles. The molecule has 0 spiro atoms. The van der Waals surface area contributed by atoms with Crippen molar-refractivity contribution >= 4 is 13.7 Å². The maximum Gasteiger partial charge on any atom is 0.469 e. The van der Waals surface area contributed by atoms with Crippen LogP contribution in [0.4, 0.5) is 0 Å². The van der Waals surface area contributed by atoms with Crippen molar-refractivity contribution in [3.05, 3.63) is 0 Å². The van der Waals surface area contributed by atoms with Crippen LogP contribution >= 0.6 is 7.82 Å². The number of aliphatic hydroxyl groups excluding tert-OH is 1. The molecule has 4 N–H and O–H groups in total. The lowest BCUT2D eigenvalue weighted by Gasteiger charge is -2.24. The highest BCUT2D eigenvalue weighted by atomic mass is 31.2. The molecule has 8 heteroatoms. The molecule has 0 unspecified atom stereocenters. The summed E-state index contributed by atoms with van der Waals surface area (Å²) in [5.41, 5.74) is 0. The zero-order chi connectivity index (χ0) is 43.9. The van der Waals surface area contributed by atoms with Crippen LogP contribution in [-0.4, -0.2) is 39.6 Å². The molecule has 0 aliphatic rings. The number of carbonyl (C=O) groups excluding carboxylic acids is 1. The van der Waals surface area contributed by atoms with Crippen molar-refractivity contribution in [3.8, 4) is 0 Å². The van der Waals surface area contributed by atoms with E-state index in [9.17, 15) is 24.3 Å². The fraction of sp³-hybridized carbons (Fsp3) is 0.981. The molecule has 0 fully saturated rings. The molecule has 0 rings (SSSR count). The Labute approximate surface area is 374 Å². The smallest absolute Gasteiger partial charge is 0.391 e. The van der Waals surface area contributed by atoms with Gasteiger partial charge in [-0.3, -0.25) is 9.32 Å². The van der Waals surface area contributed by atoms with E-state index in [1.165, 1.54) is 244 Å². The molecule has 0 saturated carbocycles. The van der Waals surface area contributed by atoms with Gasteiger partial charge in [-0.05, 0) is 12.8 Å². The number of rotatable bonds is 51. The number of nitrogens with one attached hydrogen (secondary N) is 1. The second-order valence-electron chi connectivity index (χ2n) is 18.9. The summed E-state index contributed by atoms with van der Waals surface area (Å²) in [4.78, 5) is 31.0. The topological polar surface area (TPSA) is 116 Å². The second kappa shape index (κ2) is 48.0. The lowest BCUT2D eigenvalue weighted by molar-refractivity contribution is -0.123. The minimum Gasteiger partial charge on any atom is -0.391 e. The Bertz CT molecular complexity index is 900. The van der Waals surface area contributed by atoms with Gasteiger partial charge in [0.25, 0.3) is 0 Å². The third-order valence-electron chi connectivity index (χ3n) is 12.8. The standard InChI is InChI=1S/C52H106NO6P/c1-3-5-7-9-11-13-15-16-17-18-19-20-21-22-23-24-25-26-27-28-29-30-31-32-33-34-35-36-38-40-42-44-46-48-52(55)53-50(49-59-60(56,57)58)51(54)47-45-43-41-39-37-14-12-10-8-6-4-2/h50-51,54H,3-49H2,1-2H3,(H,53,55)(H2,56,57,58)/t50-,51+/m0/s1. The highest BCUT2D eigenvalue weighted by molar-refractivity contribution is 7.46. The second-order valence-corrected chi connectivity index (χ2v) is 20.2. The summed E-state index contributed by atoms with van der Waals surface area (Å²) in [6.45, 7) is 4.15. The van der Waals surface area contributed by atoms with Crippen LogP contribution in [0.2, 0.25) is 0 Å². The highest BCUT2D eigenvalue weighted by Crippen LogP contribution is 2.36. The predicted molar refractivity (Wildman–Crippen MR) is 260 cm³/mol. The number of phosphoric ester groups is 1. The lowest BCUT2D eigenvalue weighted by atomic mass is 10.0. The molecule has 0 aromatic heterocycles. The number of unbranched alkanes of at least 4 members (excludes halogenated alkanes) is 42. The lowest BCUT2D eigenvalue weighted by Crippen LogP contribution is -2.46. The van der Waals surface area contributed by atoms with Gasteiger partial charge >= 0.3 is 7.82 Å². The summed E-state index contributed by atoms with van der Waals surface area (Å²) in [6, 6.07) is -0.818. The van der Waals surface area contributed by atoms with Crippen molar-refractivity contribution in [2.45, 2.75) is 321 Å². The van der Waals surface area contributed by atoms with Crippen LogP contribution in [0.15, 0.2) is 0 Å². The van der Waals surface area contributed by atoms with Crippen LogP contribution < -0.4 is 5.32 Å². The molecule has 1 amide bonds. The Hall–Kier alpha value is -0.460. The molecular weight excluding hydrogens is 766 g/mol. The third kappa shape index (κ3) is 48.6. The average molecular weight is 872 g/mol. The van der Waals surface area contributed by atoms with E-state index in [1.807, 2.05) is 0 Å². The molecule has 360 valence electrons. The van der Waals surface area contributed by atoms with Gasteiger partial charge in [0.1, 0.15) is 0 Å². The van der Waals surface area contributed by atoms with Crippen LogP contribution in [0.3, 0.4) is 0 Å². The zero-order valence-corrected chi connectivity index (χ0v) is 41.3. The van der Waals surface area contributed by atoms with E-state index in [1.54, 1.807) is 0 Å².